The third kappa shape index (κ3) is 4.33. The fourth-order valence-electron chi connectivity index (χ4n) is 2.74. The predicted molar refractivity (Wildman–Crippen MR) is 108 cm³/mol. The monoisotopic (exact) mass is 498 g/mol. The summed E-state index contributed by atoms with van der Waals surface area (Å²) in [5.41, 5.74) is 6.38. The van der Waals surface area contributed by atoms with Crippen LogP contribution in [-0.2, 0) is 7.05 Å². The van der Waals surface area contributed by atoms with E-state index in [1.165, 1.54) is 16.2 Å². The van der Waals surface area contributed by atoms with Crippen LogP contribution in [0.4, 0.5) is 0 Å². The minimum absolute atomic E-state index is 0. The zero-order valence-corrected chi connectivity index (χ0v) is 18.3. The predicted octanol–water partition coefficient (Wildman–Crippen LogP) is -0.653. The lowest BCUT2D eigenvalue weighted by Gasteiger charge is -2.12. The highest BCUT2D eigenvalue weighted by Crippen LogP contribution is 2.21. The zero-order valence-electron chi connectivity index (χ0n) is 14.2. The molecule has 0 spiro atoms. The first kappa shape index (κ1) is 20.6. The number of hydrogen-bond donors (Lipinski definition) is 2. The molecule has 9 heteroatoms. The third-order valence-corrected chi connectivity index (χ3v) is 4.97. The van der Waals surface area contributed by atoms with Crippen LogP contribution < -0.4 is 32.1 Å². The number of aryl methyl sites for hydroxylation is 1. The Morgan fingerprint density at radius 3 is 2.85 bits per heavy atom. The molecule has 2 aromatic heterocycles. The summed E-state index contributed by atoms with van der Waals surface area (Å²) in [6, 6.07) is 8.39. The number of nitrogens with zero attached hydrogens (tertiary/aromatic N) is 4. The molecule has 0 amide bonds. The van der Waals surface area contributed by atoms with E-state index in [0.29, 0.717) is 0 Å². The largest absolute Gasteiger partial charge is 1.00 e. The Labute approximate surface area is 177 Å². The molecule has 0 atom stereocenters. The molecule has 6 nitrogen and oxygen atoms in total. The van der Waals surface area contributed by atoms with Crippen LogP contribution in [0.5, 0.6) is 0 Å². The second kappa shape index (κ2) is 9.29. The number of guanidine groups is 1. The van der Waals surface area contributed by atoms with Crippen molar-refractivity contribution in [1.82, 2.24) is 15.3 Å². The van der Waals surface area contributed by atoms with E-state index in [1.807, 2.05) is 0 Å². The average Bonchev–Trinajstić information content (AvgIpc) is 3.20. The van der Waals surface area contributed by atoms with Gasteiger partial charge in [-0.2, -0.15) is 9.50 Å². The van der Waals surface area contributed by atoms with Gasteiger partial charge in [0.25, 0.3) is 0 Å². The Bertz CT molecular complexity index is 913. The van der Waals surface area contributed by atoms with Gasteiger partial charge in [-0.15, -0.1) is 17.0 Å². The number of nitrogens with one attached hydrogen (secondary N) is 2. The maximum absolute atomic E-state index is 4.32. The molecule has 4 rings (SSSR count). The van der Waals surface area contributed by atoms with E-state index in [-0.39, 0.29) is 34.0 Å². The molecule has 1 aromatic carbocycles. The number of halogens is 2. The normalized spacial score (nSPS) is 13.7. The number of imidazole rings is 1. The molecule has 0 radical (unpaired) electrons. The number of benzene rings is 1. The summed E-state index contributed by atoms with van der Waals surface area (Å²) in [7, 11) is 2.10. The number of hydrazone groups is 1. The standard InChI is InChI=1S/C17H19N6S.2BrH/c1-22-15(12-23-9-10-24-17(22)23)14-5-3-13(4-6-14)11-20-21-16-18-7-2-8-19-16;;/h3-6,9-12H,2,7-8H2,1H3,(H2,18,19,21);2*1H/q+1;;/p-1/b20-11+;;. The molecule has 0 unspecified atom stereocenters. The first-order valence-corrected chi connectivity index (χ1v) is 8.81. The van der Waals surface area contributed by atoms with E-state index < -0.39 is 0 Å². The quantitative estimate of drug-likeness (QED) is 0.286. The molecule has 0 fully saturated rings. The van der Waals surface area contributed by atoms with Crippen LogP contribution in [0.1, 0.15) is 12.0 Å². The van der Waals surface area contributed by atoms with Crippen LogP contribution in [-0.4, -0.2) is 29.8 Å². The molecule has 2 N–H and O–H groups in total. The fraction of sp³-hybridized carbons (Fsp3) is 0.235. The van der Waals surface area contributed by atoms with Gasteiger partial charge in [0.15, 0.2) is 5.69 Å². The molecule has 0 saturated carbocycles. The van der Waals surface area contributed by atoms with Crippen LogP contribution >= 0.6 is 28.3 Å². The molecular formula is C17H20Br2N6S. The van der Waals surface area contributed by atoms with Crippen molar-refractivity contribution in [2.75, 3.05) is 13.1 Å². The first-order chi connectivity index (χ1) is 11.8. The number of aromatic nitrogens is 2. The lowest BCUT2D eigenvalue weighted by atomic mass is 10.1. The summed E-state index contributed by atoms with van der Waals surface area (Å²) >= 11 is 1.74. The van der Waals surface area contributed by atoms with Crippen molar-refractivity contribution in [2.24, 2.45) is 17.1 Å². The number of thiazole rings is 1. The molecule has 3 heterocycles. The first-order valence-electron chi connectivity index (χ1n) is 7.93. The SMILES string of the molecule is Br.Cn1c(-c2ccc(/C=N/NC3=NCCCN3)cc2)c[n+]2ccsc12.[Br-]. The molecular weight excluding hydrogens is 480 g/mol. The smallest absolute Gasteiger partial charge is 0.345 e. The molecule has 3 aromatic rings. The van der Waals surface area contributed by atoms with Gasteiger partial charge in [-0.1, -0.05) is 23.5 Å². The maximum Gasteiger partial charge on any atom is 0.345 e. The lowest BCUT2D eigenvalue weighted by Crippen LogP contribution is -3.00. The van der Waals surface area contributed by atoms with E-state index in [2.05, 4.69) is 78.9 Å². The molecule has 26 heavy (non-hydrogen) atoms. The van der Waals surface area contributed by atoms with Crippen LogP contribution in [0.3, 0.4) is 0 Å². The zero-order chi connectivity index (χ0) is 16.4. The number of rotatable bonds is 3. The average molecular weight is 500 g/mol. The Kier molecular flexibility index (Phi) is 7.36. The molecule has 1 aliphatic heterocycles. The van der Waals surface area contributed by atoms with Gasteiger partial charge in [-0.3, -0.25) is 4.99 Å². The summed E-state index contributed by atoms with van der Waals surface area (Å²) in [5.74, 6) is 0.745. The van der Waals surface area contributed by atoms with Crippen molar-refractivity contribution in [3.05, 3.63) is 47.6 Å². The van der Waals surface area contributed by atoms with Gasteiger partial charge in [-0.05, 0) is 24.1 Å². The van der Waals surface area contributed by atoms with Gasteiger partial charge < -0.3 is 22.3 Å². The van der Waals surface area contributed by atoms with Gasteiger partial charge in [0.05, 0.1) is 13.3 Å². The topological polar surface area (TPSA) is 57.8 Å². The van der Waals surface area contributed by atoms with Gasteiger partial charge in [0.2, 0.25) is 5.96 Å². The van der Waals surface area contributed by atoms with Crippen molar-refractivity contribution < 1.29 is 21.4 Å². The molecule has 138 valence electrons. The van der Waals surface area contributed by atoms with Crippen LogP contribution in [0, 0.1) is 0 Å². The van der Waals surface area contributed by atoms with Crippen molar-refractivity contribution in [3.63, 3.8) is 0 Å². The summed E-state index contributed by atoms with van der Waals surface area (Å²) in [6.45, 7) is 1.80. The van der Waals surface area contributed by atoms with E-state index >= 15 is 0 Å². The minimum Gasteiger partial charge on any atom is -1.00 e. The van der Waals surface area contributed by atoms with Gasteiger partial charge >= 0.3 is 4.96 Å². The van der Waals surface area contributed by atoms with Crippen molar-refractivity contribution in [1.29, 1.82) is 0 Å². The fourth-order valence-corrected chi connectivity index (χ4v) is 3.54. The Morgan fingerprint density at radius 2 is 2.15 bits per heavy atom. The van der Waals surface area contributed by atoms with E-state index in [1.54, 1.807) is 17.6 Å². The second-order valence-electron chi connectivity index (χ2n) is 5.67. The van der Waals surface area contributed by atoms with E-state index in [4.69, 9.17) is 0 Å². The lowest BCUT2D eigenvalue weighted by molar-refractivity contribution is -0.505. The number of hydrogen-bond acceptors (Lipinski definition) is 5. The van der Waals surface area contributed by atoms with Crippen LogP contribution in [0.2, 0.25) is 0 Å². The molecule has 1 aliphatic rings. The number of aliphatic imine (C=N–C) groups is 1. The van der Waals surface area contributed by atoms with Gasteiger partial charge in [0.1, 0.15) is 12.4 Å². The highest BCUT2D eigenvalue weighted by atomic mass is 79.9. The van der Waals surface area contributed by atoms with Crippen LogP contribution in [0.15, 0.2) is 52.1 Å². The van der Waals surface area contributed by atoms with Gasteiger partial charge in [0, 0.05) is 24.0 Å². The molecule has 0 bridgehead atoms. The Balaban J connectivity index is 0.00000121. The second-order valence-corrected chi connectivity index (χ2v) is 6.54. The summed E-state index contributed by atoms with van der Waals surface area (Å²) in [6.07, 6.45) is 7.12. The van der Waals surface area contributed by atoms with E-state index in [9.17, 15) is 0 Å². The molecule has 0 saturated heterocycles. The van der Waals surface area contributed by atoms with Crippen molar-refractivity contribution in [3.8, 4) is 11.3 Å². The maximum atomic E-state index is 4.32. The van der Waals surface area contributed by atoms with Crippen molar-refractivity contribution in [2.45, 2.75) is 6.42 Å². The summed E-state index contributed by atoms with van der Waals surface area (Å²) in [5, 5.41) is 9.50. The third-order valence-electron chi connectivity index (χ3n) is 4.01. The Morgan fingerprint density at radius 1 is 1.35 bits per heavy atom. The Hall–Kier alpha value is -1.71. The highest BCUT2D eigenvalue weighted by molar-refractivity contribution is 8.93. The van der Waals surface area contributed by atoms with Crippen LogP contribution in [0.25, 0.3) is 16.2 Å². The van der Waals surface area contributed by atoms with Gasteiger partial charge in [-0.25, -0.2) is 9.99 Å². The van der Waals surface area contributed by atoms with E-state index in [0.717, 1.165) is 31.0 Å². The highest BCUT2D eigenvalue weighted by Gasteiger charge is 2.16. The summed E-state index contributed by atoms with van der Waals surface area (Å²) in [4.78, 5) is 5.54. The minimum atomic E-state index is 0. The van der Waals surface area contributed by atoms with Crippen molar-refractivity contribution >= 4 is 45.5 Å². The number of fused-ring (bicyclic) bond motifs is 1. The summed E-state index contributed by atoms with van der Waals surface area (Å²) < 4.78 is 4.36. The molecule has 0 aliphatic carbocycles.